The van der Waals surface area contributed by atoms with E-state index in [4.69, 9.17) is 9.47 Å². The molecule has 2 aromatic carbocycles. The van der Waals surface area contributed by atoms with Crippen molar-refractivity contribution < 1.29 is 27.4 Å². The molecule has 2 saturated carbocycles. The first-order chi connectivity index (χ1) is 17.4. The second-order valence-electron chi connectivity index (χ2n) is 10.3. The summed E-state index contributed by atoms with van der Waals surface area (Å²) in [5.74, 6) is -2.70. The molecule has 2 aliphatic carbocycles. The van der Waals surface area contributed by atoms with Crippen LogP contribution in [0.2, 0.25) is 0 Å². The fraction of sp³-hybridized carbons (Fsp3) is 0.500. The average Bonchev–Trinajstić information content (AvgIpc) is 2.89. The lowest BCUT2D eigenvalue weighted by Crippen LogP contribution is -2.25. The summed E-state index contributed by atoms with van der Waals surface area (Å²) in [5.41, 5.74) is 1.25. The van der Waals surface area contributed by atoms with Crippen LogP contribution in [0.15, 0.2) is 43.0 Å². The molecule has 0 radical (unpaired) electrons. The van der Waals surface area contributed by atoms with E-state index in [2.05, 4.69) is 13.5 Å². The monoisotopic (exact) mass is 500 g/mol. The molecule has 0 saturated heterocycles. The summed E-state index contributed by atoms with van der Waals surface area (Å²) in [5, 5.41) is 0. The highest BCUT2D eigenvalue weighted by atomic mass is 19.2. The third-order valence-corrected chi connectivity index (χ3v) is 7.81. The van der Waals surface area contributed by atoms with Crippen LogP contribution in [0.25, 0.3) is 0 Å². The zero-order chi connectivity index (χ0) is 25.7. The van der Waals surface area contributed by atoms with E-state index in [9.17, 15) is 18.0 Å². The first-order valence-corrected chi connectivity index (χ1v) is 13.1. The van der Waals surface area contributed by atoms with Gasteiger partial charge in [0.05, 0.1) is 12.5 Å². The maximum atomic E-state index is 14.8. The summed E-state index contributed by atoms with van der Waals surface area (Å²) in [7, 11) is 0. The summed E-state index contributed by atoms with van der Waals surface area (Å²) in [6.45, 7) is 6.18. The van der Waals surface area contributed by atoms with Gasteiger partial charge < -0.3 is 9.47 Å². The SMILES string of the molecule is C=CCCOc1ccc(C2CCC(C(=O)Oc3ccc(C4CCC(C)CC4)c(F)c3F)CC2)cc1F. The summed E-state index contributed by atoms with van der Waals surface area (Å²) < 4.78 is 54.7. The van der Waals surface area contributed by atoms with Crippen molar-refractivity contribution in [1.29, 1.82) is 0 Å². The molecule has 0 bridgehead atoms. The largest absolute Gasteiger partial charge is 0.490 e. The topological polar surface area (TPSA) is 35.5 Å². The molecule has 6 heteroatoms. The van der Waals surface area contributed by atoms with Gasteiger partial charge in [-0.05, 0) is 92.0 Å². The molecular formula is C30H35F3O3. The molecule has 3 nitrogen and oxygen atoms in total. The van der Waals surface area contributed by atoms with Crippen molar-refractivity contribution in [3.05, 3.63) is 71.6 Å². The maximum absolute atomic E-state index is 14.8. The van der Waals surface area contributed by atoms with Crippen molar-refractivity contribution in [3.8, 4) is 11.5 Å². The van der Waals surface area contributed by atoms with Crippen molar-refractivity contribution in [2.45, 2.75) is 76.5 Å². The number of ether oxygens (including phenoxy) is 2. The Bertz CT molecular complexity index is 1070. The second-order valence-corrected chi connectivity index (χ2v) is 10.3. The molecule has 0 aliphatic heterocycles. The number of hydrogen-bond donors (Lipinski definition) is 0. The lowest BCUT2D eigenvalue weighted by molar-refractivity contribution is -0.140. The highest BCUT2D eigenvalue weighted by Crippen LogP contribution is 2.40. The highest BCUT2D eigenvalue weighted by Gasteiger charge is 2.31. The van der Waals surface area contributed by atoms with Crippen molar-refractivity contribution in [2.75, 3.05) is 6.61 Å². The Kier molecular flexibility index (Phi) is 8.76. The number of hydrogen-bond acceptors (Lipinski definition) is 3. The van der Waals surface area contributed by atoms with Crippen LogP contribution in [0.5, 0.6) is 11.5 Å². The molecule has 0 heterocycles. The van der Waals surface area contributed by atoms with Gasteiger partial charge in [-0.25, -0.2) is 8.78 Å². The van der Waals surface area contributed by atoms with Crippen LogP contribution >= 0.6 is 0 Å². The first kappa shape index (κ1) is 26.3. The lowest BCUT2D eigenvalue weighted by atomic mass is 9.78. The maximum Gasteiger partial charge on any atom is 0.314 e. The molecule has 0 aromatic heterocycles. The lowest BCUT2D eigenvalue weighted by Gasteiger charge is -2.28. The van der Waals surface area contributed by atoms with E-state index in [0.29, 0.717) is 50.2 Å². The predicted molar refractivity (Wildman–Crippen MR) is 134 cm³/mol. The molecule has 0 N–H and O–H groups in total. The second kappa shape index (κ2) is 12.0. The van der Waals surface area contributed by atoms with Gasteiger partial charge in [-0.15, -0.1) is 6.58 Å². The fourth-order valence-corrected chi connectivity index (χ4v) is 5.51. The molecule has 0 amide bonds. The zero-order valence-electron chi connectivity index (χ0n) is 20.9. The van der Waals surface area contributed by atoms with Crippen LogP contribution in [0.3, 0.4) is 0 Å². The van der Waals surface area contributed by atoms with Gasteiger partial charge in [0.2, 0.25) is 5.82 Å². The Morgan fingerprint density at radius 2 is 1.58 bits per heavy atom. The van der Waals surface area contributed by atoms with E-state index in [1.54, 1.807) is 18.2 Å². The van der Waals surface area contributed by atoms with Crippen LogP contribution in [-0.4, -0.2) is 12.6 Å². The van der Waals surface area contributed by atoms with E-state index in [1.165, 1.54) is 12.1 Å². The smallest absolute Gasteiger partial charge is 0.314 e. The van der Waals surface area contributed by atoms with Gasteiger partial charge in [-0.2, -0.15) is 4.39 Å². The summed E-state index contributed by atoms with van der Waals surface area (Å²) in [4.78, 5) is 12.7. The van der Waals surface area contributed by atoms with Crippen LogP contribution < -0.4 is 9.47 Å². The van der Waals surface area contributed by atoms with Gasteiger partial charge in [0.15, 0.2) is 23.1 Å². The van der Waals surface area contributed by atoms with E-state index >= 15 is 0 Å². The van der Waals surface area contributed by atoms with Crippen molar-refractivity contribution in [3.63, 3.8) is 0 Å². The van der Waals surface area contributed by atoms with Gasteiger partial charge in [0.1, 0.15) is 0 Å². The minimum Gasteiger partial charge on any atom is -0.490 e. The van der Waals surface area contributed by atoms with Crippen molar-refractivity contribution in [2.24, 2.45) is 11.8 Å². The van der Waals surface area contributed by atoms with Crippen molar-refractivity contribution in [1.82, 2.24) is 0 Å². The van der Waals surface area contributed by atoms with Gasteiger partial charge in [0, 0.05) is 0 Å². The minimum absolute atomic E-state index is 0.00772. The highest BCUT2D eigenvalue weighted by molar-refractivity contribution is 5.75. The molecule has 36 heavy (non-hydrogen) atoms. The van der Waals surface area contributed by atoms with E-state index in [-0.39, 0.29) is 23.3 Å². The summed E-state index contributed by atoms with van der Waals surface area (Å²) in [6, 6.07) is 7.96. The van der Waals surface area contributed by atoms with Gasteiger partial charge in [0.25, 0.3) is 0 Å². The summed E-state index contributed by atoms with van der Waals surface area (Å²) >= 11 is 0. The van der Waals surface area contributed by atoms with Crippen LogP contribution in [0.4, 0.5) is 13.2 Å². The molecule has 0 spiro atoms. The molecule has 2 aromatic rings. The Labute approximate surface area is 211 Å². The molecule has 2 fully saturated rings. The number of halogens is 3. The number of rotatable bonds is 8. The third-order valence-electron chi connectivity index (χ3n) is 7.81. The molecule has 194 valence electrons. The average molecular weight is 501 g/mol. The number of carbonyl (C=O) groups excluding carboxylic acids is 1. The quantitative estimate of drug-likeness (QED) is 0.158. The summed E-state index contributed by atoms with van der Waals surface area (Å²) in [6.07, 6.45) is 8.52. The molecule has 0 atom stereocenters. The molecule has 0 unspecified atom stereocenters. The predicted octanol–water partition coefficient (Wildman–Crippen LogP) is 8.23. The van der Waals surface area contributed by atoms with E-state index < -0.39 is 29.3 Å². The fourth-order valence-electron chi connectivity index (χ4n) is 5.51. The molecule has 4 rings (SSSR count). The number of carbonyl (C=O) groups is 1. The van der Waals surface area contributed by atoms with Gasteiger partial charge in [-0.3, -0.25) is 4.79 Å². The zero-order valence-corrected chi connectivity index (χ0v) is 20.9. The molecule has 2 aliphatic rings. The standard InChI is InChI=1S/C30H35F3O3/c1-3-4-17-35-26-15-13-23(18-25(26)31)20-9-11-22(12-10-20)30(34)36-27-16-14-24(28(32)29(27)33)21-7-5-19(2)6-8-21/h3,13-16,18-22H,1,4-12,17H2,2H3. The Hall–Kier alpha value is -2.76. The normalized spacial score (nSPS) is 24.2. The van der Waals surface area contributed by atoms with Crippen LogP contribution in [-0.2, 0) is 4.79 Å². The third kappa shape index (κ3) is 6.13. The Balaban J connectivity index is 1.32. The first-order valence-electron chi connectivity index (χ1n) is 13.1. The van der Waals surface area contributed by atoms with Crippen molar-refractivity contribution >= 4 is 5.97 Å². The Morgan fingerprint density at radius 3 is 2.25 bits per heavy atom. The number of benzene rings is 2. The van der Waals surface area contributed by atoms with Crippen LogP contribution in [0.1, 0.15) is 87.7 Å². The molecular weight excluding hydrogens is 465 g/mol. The van der Waals surface area contributed by atoms with Gasteiger partial charge in [-0.1, -0.05) is 38.0 Å². The van der Waals surface area contributed by atoms with Gasteiger partial charge >= 0.3 is 5.97 Å². The van der Waals surface area contributed by atoms with Crippen LogP contribution in [0, 0.1) is 29.3 Å². The van der Waals surface area contributed by atoms with E-state index in [1.807, 2.05) is 6.07 Å². The minimum atomic E-state index is -1.08. The number of esters is 1. The Morgan fingerprint density at radius 1 is 0.917 bits per heavy atom. The van der Waals surface area contributed by atoms with E-state index in [0.717, 1.165) is 31.2 Å².